The molecule has 0 radical (unpaired) electrons. The van der Waals surface area contributed by atoms with Gasteiger partial charge in [0.15, 0.2) is 0 Å². The molecule has 0 aliphatic carbocycles. The van der Waals surface area contributed by atoms with Gasteiger partial charge in [0.25, 0.3) is 0 Å². The Balaban J connectivity index is 0.000000371. The van der Waals surface area contributed by atoms with Gasteiger partial charge in [0.05, 0.1) is 0 Å². The molecule has 0 saturated carbocycles. The van der Waals surface area contributed by atoms with Crippen molar-refractivity contribution in [2.45, 2.75) is 0 Å². The number of hydrogen-bond acceptors (Lipinski definition) is 0. The molecule has 0 saturated heterocycles. The monoisotopic (exact) mass is 268 g/mol. The average Bonchev–Trinajstić information content (AvgIpc) is 2.00. The minimum atomic E-state index is 0.729. The average molecular weight is 271 g/mol. The summed E-state index contributed by atoms with van der Waals surface area (Å²) < 4.78 is 0. The summed E-state index contributed by atoms with van der Waals surface area (Å²) in [6, 6.07) is 7.50. The number of rotatable bonds is 0. The van der Waals surface area contributed by atoms with E-state index < -0.39 is 0 Å². The maximum atomic E-state index is 5.65. The Bertz CT molecular complexity index is 170. The molecule has 1 aromatic rings. The summed E-state index contributed by atoms with van der Waals surface area (Å²) in [5, 5.41) is 0.729. The molecular weight excluding hydrogens is 265 g/mol. The van der Waals surface area contributed by atoms with Crippen LogP contribution in [0, 0.1) is 6.92 Å². The van der Waals surface area contributed by atoms with Crippen LogP contribution in [-0.2, 0) is 16.3 Å². The van der Waals surface area contributed by atoms with Crippen molar-refractivity contribution < 1.29 is 16.3 Å². The molecule has 0 nitrogen and oxygen atoms in total. The normalized spacial score (nSPS) is 8.00. The van der Waals surface area contributed by atoms with E-state index in [-0.39, 0.29) is 0 Å². The van der Waals surface area contributed by atoms with E-state index in [9.17, 15) is 0 Å². The van der Waals surface area contributed by atoms with Crippen molar-refractivity contribution in [3.05, 3.63) is 41.8 Å². The zero-order valence-electron chi connectivity index (χ0n) is 5.48. The van der Waals surface area contributed by atoms with Crippen molar-refractivity contribution in [1.29, 1.82) is 0 Å². The zero-order chi connectivity index (χ0) is 7.98. The van der Waals surface area contributed by atoms with Crippen molar-refractivity contribution in [2.75, 3.05) is 0 Å². The fourth-order valence-corrected chi connectivity index (χ4v) is 0.634. The predicted octanol–water partition coefficient (Wildman–Crippen LogP) is 3.37. The second-order valence-corrected chi connectivity index (χ2v) is 2.00. The van der Waals surface area contributed by atoms with Gasteiger partial charge in [0, 0.05) is 0 Å². The molecule has 0 unspecified atom stereocenters. The van der Waals surface area contributed by atoms with Crippen molar-refractivity contribution in [3.63, 3.8) is 0 Å². The molecule has 0 aromatic heterocycles. The Morgan fingerprint density at radius 2 is 1.80 bits per heavy atom. The van der Waals surface area contributed by atoms with E-state index >= 15 is 0 Å². The van der Waals surface area contributed by atoms with Gasteiger partial charge in [0.2, 0.25) is 0 Å². The Kier molecular flexibility index (Phi) is 6.51. The van der Waals surface area contributed by atoms with E-state index in [1.807, 2.05) is 24.3 Å². The molecule has 0 atom stereocenters. The van der Waals surface area contributed by atoms with Crippen LogP contribution in [0.1, 0.15) is 5.56 Å². The molecule has 0 spiro atoms. The molecule has 50 valence electrons. The van der Waals surface area contributed by atoms with Crippen molar-refractivity contribution in [2.24, 2.45) is 0 Å². The second kappa shape index (κ2) is 6.21. The summed E-state index contributed by atoms with van der Waals surface area (Å²) in [5.74, 6) is 0. The van der Waals surface area contributed by atoms with Gasteiger partial charge in [-0.15, -0.1) is 12.1 Å². The topological polar surface area (TPSA) is 0 Å². The molecule has 0 N–H and O–H groups in total. The molecule has 0 bridgehead atoms. The van der Waals surface area contributed by atoms with Crippen LogP contribution in [0.15, 0.2) is 24.3 Å². The van der Waals surface area contributed by atoms with Gasteiger partial charge in [-0.25, -0.2) is 0 Å². The third kappa shape index (κ3) is 3.60. The molecule has 0 aliphatic rings. The van der Waals surface area contributed by atoms with Gasteiger partial charge in [-0.1, -0.05) is 11.1 Å². The SMILES string of the molecule is [CH2-]c1ccccc1Cl.[Zn+][Br]. The van der Waals surface area contributed by atoms with Gasteiger partial charge in [-0.05, 0) is 0 Å². The Hall–Kier alpha value is 0.483. The molecule has 3 heteroatoms. The van der Waals surface area contributed by atoms with Crippen LogP contribution in [0.2, 0.25) is 5.02 Å². The Morgan fingerprint density at radius 3 is 2.10 bits per heavy atom. The first-order chi connectivity index (χ1) is 4.80. The molecule has 0 amide bonds. The molecule has 1 rings (SSSR count). The van der Waals surface area contributed by atoms with Crippen molar-refractivity contribution >= 4 is 25.2 Å². The third-order valence-corrected chi connectivity index (χ3v) is 1.33. The van der Waals surface area contributed by atoms with E-state index in [0.717, 1.165) is 10.6 Å². The molecular formula is C7H6BrClZn. The number of hydrogen-bond donors (Lipinski definition) is 0. The minimum absolute atomic E-state index is 0.729. The summed E-state index contributed by atoms with van der Waals surface area (Å²) in [7, 11) is 0. The van der Waals surface area contributed by atoms with Gasteiger partial charge in [-0.3, -0.25) is 0 Å². The number of benzene rings is 1. The van der Waals surface area contributed by atoms with Crippen LogP contribution in [0.5, 0.6) is 0 Å². The Labute approximate surface area is 83.0 Å². The summed E-state index contributed by atoms with van der Waals surface area (Å²) >= 11 is 9.90. The number of halogens is 2. The molecule has 0 aliphatic heterocycles. The van der Waals surface area contributed by atoms with E-state index in [1.54, 1.807) is 0 Å². The van der Waals surface area contributed by atoms with Crippen molar-refractivity contribution in [3.8, 4) is 0 Å². The quantitative estimate of drug-likeness (QED) is 0.501. The van der Waals surface area contributed by atoms with Crippen LogP contribution < -0.4 is 0 Å². The summed E-state index contributed by atoms with van der Waals surface area (Å²) in [6.07, 6.45) is 0. The van der Waals surface area contributed by atoms with E-state index in [1.165, 1.54) is 16.3 Å². The summed E-state index contributed by atoms with van der Waals surface area (Å²) in [6.45, 7) is 3.69. The van der Waals surface area contributed by atoms with Gasteiger partial charge < -0.3 is 0 Å². The van der Waals surface area contributed by atoms with Gasteiger partial charge in [0.1, 0.15) is 0 Å². The first-order valence-electron chi connectivity index (χ1n) is 2.64. The summed E-state index contributed by atoms with van der Waals surface area (Å²) in [5.41, 5.74) is 0.883. The maximum absolute atomic E-state index is 5.65. The molecule has 10 heavy (non-hydrogen) atoms. The van der Waals surface area contributed by atoms with Crippen LogP contribution >= 0.6 is 25.2 Å². The van der Waals surface area contributed by atoms with E-state index in [4.69, 9.17) is 11.6 Å². The zero-order valence-corrected chi connectivity index (χ0v) is 10.8. The predicted molar refractivity (Wildman–Crippen MR) is 44.8 cm³/mol. The fraction of sp³-hybridized carbons (Fsp3) is 0. The molecule has 1 aromatic carbocycles. The van der Waals surface area contributed by atoms with E-state index in [2.05, 4.69) is 20.5 Å². The van der Waals surface area contributed by atoms with E-state index in [0.29, 0.717) is 0 Å². The van der Waals surface area contributed by atoms with Crippen LogP contribution in [0.4, 0.5) is 0 Å². The first kappa shape index (κ1) is 10.5. The standard InChI is InChI=1S/C7H6Cl.BrH.Zn/c1-6-4-2-3-5-7(6)8;;/h2-5H,1H2;1H;/q-1;;+2/p-1. The summed E-state index contributed by atoms with van der Waals surface area (Å²) in [4.78, 5) is 0. The third-order valence-electron chi connectivity index (χ3n) is 0.958. The van der Waals surface area contributed by atoms with Gasteiger partial charge in [-0.2, -0.15) is 30.2 Å². The van der Waals surface area contributed by atoms with Gasteiger partial charge >= 0.3 is 30.0 Å². The molecule has 0 fully saturated rings. The van der Waals surface area contributed by atoms with Crippen LogP contribution in [-0.4, -0.2) is 0 Å². The fourth-order valence-electron chi connectivity index (χ4n) is 0.498. The van der Waals surface area contributed by atoms with Crippen molar-refractivity contribution in [1.82, 2.24) is 0 Å². The first-order valence-corrected chi connectivity index (χ1v) is 9.96. The molecule has 0 heterocycles. The van der Waals surface area contributed by atoms with Crippen LogP contribution in [0.3, 0.4) is 0 Å². The van der Waals surface area contributed by atoms with Crippen LogP contribution in [0.25, 0.3) is 0 Å². The Morgan fingerprint density at radius 1 is 1.30 bits per heavy atom. The second-order valence-electron chi connectivity index (χ2n) is 1.59.